The molecule has 1 saturated heterocycles. The molecule has 102 valence electrons. The quantitative estimate of drug-likeness (QED) is 0.899. The first-order chi connectivity index (χ1) is 8.94. The second-order valence-electron chi connectivity index (χ2n) is 4.60. The zero-order chi connectivity index (χ0) is 14.0. The number of carbonyl (C=O) groups excluding carboxylic acids is 1. The molecule has 6 heteroatoms. The van der Waals surface area contributed by atoms with E-state index in [1.54, 1.807) is 23.9 Å². The van der Waals surface area contributed by atoms with Gasteiger partial charge in [-0.1, -0.05) is 17.7 Å². The van der Waals surface area contributed by atoms with Gasteiger partial charge in [0.05, 0.1) is 15.5 Å². The van der Waals surface area contributed by atoms with Crippen LogP contribution < -0.4 is 5.32 Å². The average Bonchev–Trinajstić information content (AvgIpc) is 2.77. The predicted molar refractivity (Wildman–Crippen MR) is 77.1 cm³/mol. The third-order valence-corrected chi connectivity index (χ3v) is 5.01. The number of benzene rings is 1. The van der Waals surface area contributed by atoms with Gasteiger partial charge in [-0.15, -0.1) is 11.8 Å². The lowest BCUT2D eigenvalue weighted by Crippen LogP contribution is -2.35. The molecule has 1 fully saturated rings. The maximum atomic E-state index is 12.3. The summed E-state index contributed by atoms with van der Waals surface area (Å²) in [4.78, 5) is 23.4. The van der Waals surface area contributed by atoms with Gasteiger partial charge in [-0.2, -0.15) is 0 Å². The van der Waals surface area contributed by atoms with E-state index >= 15 is 0 Å². The van der Waals surface area contributed by atoms with Crippen LogP contribution in [0.15, 0.2) is 18.2 Å². The Hall–Kier alpha value is -1.20. The summed E-state index contributed by atoms with van der Waals surface area (Å²) >= 11 is 7.46. The first-order valence-electron chi connectivity index (χ1n) is 5.91. The summed E-state index contributed by atoms with van der Waals surface area (Å²) in [5.41, 5.74) is 0.183. The molecule has 2 rings (SSSR count). The normalized spacial score (nSPS) is 22.2. The number of carbonyl (C=O) groups is 2. The van der Waals surface area contributed by atoms with Crippen LogP contribution in [0.5, 0.6) is 0 Å². The Morgan fingerprint density at radius 2 is 2.21 bits per heavy atom. The summed E-state index contributed by atoms with van der Waals surface area (Å²) < 4.78 is -0.488. The van der Waals surface area contributed by atoms with Crippen molar-refractivity contribution in [2.45, 2.75) is 24.5 Å². The van der Waals surface area contributed by atoms with Crippen molar-refractivity contribution in [3.8, 4) is 0 Å². The van der Waals surface area contributed by atoms with Crippen molar-refractivity contribution in [1.29, 1.82) is 0 Å². The Morgan fingerprint density at radius 3 is 2.79 bits per heavy atom. The Morgan fingerprint density at radius 1 is 1.47 bits per heavy atom. The molecule has 19 heavy (non-hydrogen) atoms. The maximum absolute atomic E-state index is 12.3. The topological polar surface area (TPSA) is 66.4 Å². The minimum absolute atomic E-state index is 0.0656. The monoisotopic (exact) mass is 299 g/mol. The molecule has 1 amide bonds. The van der Waals surface area contributed by atoms with Crippen molar-refractivity contribution in [3.05, 3.63) is 28.8 Å². The Labute approximate surface area is 120 Å². The van der Waals surface area contributed by atoms with Gasteiger partial charge in [-0.3, -0.25) is 4.79 Å². The molecule has 0 saturated carbocycles. The Balaban J connectivity index is 2.26. The molecule has 1 heterocycles. The van der Waals surface area contributed by atoms with Gasteiger partial charge in [0.2, 0.25) is 5.91 Å². The van der Waals surface area contributed by atoms with Crippen LogP contribution in [0.4, 0.5) is 5.69 Å². The largest absolute Gasteiger partial charge is 0.478 e. The number of hydrogen-bond acceptors (Lipinski definition) is 3. The van der Waals surface area contributed by atoms with Gasteiger partial charge in [-0.25, -0.2) is 4.79 Å². The average molecular weight is 300 g/mol. The van der Waals surface area contributed by atoms with E-state index in [0.29, 0.717) is 0 Å². The summed E-state index contributed by atoms with van der Waals surface area (Å²) in [6, 6.07) is 4.66. The zero-order valence-electron chi connectivity index (χ0n) is 10.4. The molecule has 0 spiro atoms. The van der Waals surface area contributed by atoms with E-state index in [1.165, 1.54) is 6.07 Å². The van der Waals surface area contributed by atoms with Crippen molar-refractivity contribution in [2.75, 3.05) is 11.1 Å². The number of amides is 1. The van der Waals surface area contributed by atoms with E-state index in [-0.39, 0.29) is 22.2 Å². The SMILES string of the molecule is CC1(C(=O)Nc2cccc(Cl)c2C(=O)O)CCCS1. The van der Waals surface area contributed by atoms with E-state index < -0.39 is 10.7 Å². The third kappa shape index (κ3) is 2.87. The molecular formula is C13H14ClNO3S. The Bertz CT molecular complexity index is 527. The minimum Gasteiger partial charge on any atom is -0.478 e. The first-order valence-corrected chi connectivity index (χ1v) is 7.27. The van der Waals surface area contributed by atoms with Crippen molar-refractivity contribution < 1.29 is 14.7 Å². The van der Waals surface area contributed by atoms with Crippen molar-refractivity contribution >= 4 is 40.9 Å². The number of halogens is 1. The van der Waals surface area contributed by atoms with Gasteiger partial charge >= 0.3 is 5.97 Å². The van der Waals surface area contributed by atoms with Crippen LogP contribution in [0.2, 0.25) is 5.02 Å². The van der Waals surface area contributed by atoms with Gasteiger partial charge in [0, 0.05) is 0 Å². The van der Waals surface area contributed by atoms with Crippen LogP contribution in [0, 0.1) is 0 Å². The fourth-order valence-electron chi connectivity index (χ4n) is 2.06. The number of carboxylic acid groups (broad SMARTS) is 1. The molecule has 1 aromatic rings. The maximum Gasteiger partial charge on any atom is 0.339 e. The molecule has 1 aliphatic rings. The Kier molecular flexibility index (Phi) is 4.06. The van der Waals surface area contributed by atoms with Gasteiger partial charge in [0.1, 0.15) is 5.56 Å². The van der Waals surface area contributed by atoms with E-state index in [1.807, 2.05) is 6.92 Å². The summed E-state index contributed by atoms with van der Waals surface area (Å²) in [5.74, 6) is -0.365. The first kappa shape index (κ1) is 14.2. The van der Waals surface area contributed by atoms with Gasteiger partial charge in [0.25, 0.3) is 0 Å². The smallest absolute Gasteiger partial charge is 0.339 e. The van der Waals surface area contributed by atoms with Crippen molar-refractivity contribution in [2.24, 2.45) is 0 Å². The summed E-state index contributed by atoms with van der Waals surface area (Å²) in [5, 5.41) is 12.0. The van der Waals surface area contributed by atoms with Crippen LogP contribution in [0.25, 0.3) is 0 Å². The molecule has 1 unspecified atom stereocenters. The van der Waals surface area contributed by atoms with E-state index in [2.05, 4.69) is 5.32 Å². The van der Waals surface area contributed by atoms with Gasteiger partial charge in [-0.05, 0) is 37.7 Å². The number of thioether (sulfide) groups is 1. The molecular weight excluding hydrogens is 286 g/mol. The zero-order valence-corrected chi connectivity index (χ0v) is 12.0. The fraction of sp³-hybridized carbons (Fsp3) is 0.385. The summed E-state index contributed by atoms with van der Waals surface area (Å²) in [7, 11) is 0. The van der Waals surface area contributed by atoms with Crippen molar-refractivity contribution in [3.63, 3.8) is 0 Å². The van der Waals surface area contributed by atoms with E-state index in [9.17, 15) is 9.59 Å². The standard InChI is InChI=1S/C13H14ClNO3S/c1-13(6-3-7-19-13)12(18)15-9-5-2-4-8(14)10(9)11(16)17/h2,4-5H,3,6-7H2,1H3,(H,15,18)(H,16,17). The van der Waals surface area contributed by atoms with Crippen LogP contribution in [-0.2, 0) is 4.79 Å². The molecule has 1 aliphatic heterocycles. The summed E-state index contributed by atoms with van der Waals surface area (Å²) in [6.07, 6.45) is 1.79. The molecule has 2 N–H and O–H groups in total. The third-order valence-electron chi connectivity index (χ3n) is 3.17. The van der Waals surface area contributed by atoms with Crippen LogP contribution in [0.1, 0.15) is 30.1 Å². The van der Waals surface area contributed by atoms with E-state index in [4.69, 9.17) is 16.7 Å². The van der Waals surface area contributed by atoms with Crippen molar-refractivity contribution in [1.82, 2.24) is 0 Å². The highest BCUT2D eigenvalue weighted by Gasteiger charge is 2.37. The number of anilines is 1. The van der Waals surface area contributed by atoms with Crippen LogP contribution >= 0.6 is 23.4 Å². The molecule has 4 nitrogen and oxygen atoms in total. The van der Waals surface area contributed by atoms with Gasteiger partial charge in [0.15, 0.2) is 0 Å². The fourth-order valence-corrected chi connectivity index (χ4v) is 3.52. The van der Waals surface area contributed by atoms with Gasteiger partial charge < -0.3 is 10.4 Å². The summed E-state index contributed by atoms with van der Waals surface area (Å²) in [6.45, 7) is 1.88. The molecule has 0 bridgehead atoms. The number of rotatable bonds is 3. The molecule has 0 radical (unpaired) electrons. The van der Waals surface area contributed by atoms with Crippen LogP contribution in [0.3, 0.4) is 0 Å². The molecule has 0 aliphatic carbocycles. The van der Waals surface area contributed by atoms with Crippen LogP contribution in [-0.4, -0.2) is 27.5 Å². The number of carboxylic acids is 1. The number of aromatic carboxylic acids is 1. The highest BCUT2D eigenvalue weighted by Crippen LogP contribution is 2.39. The lowest BCUT2D eigenvalue weighted by molar-refractivity contribution is -0.118. The predicted octanol–water partition coefficient (Wildman–Crippen LogP) is 3.26. The second-order valence-corrected chi connectivity index (χ2v) is 6.61. The minimum atomic E-state index is -1.15. The second kappa shape index (κ2) is 5.43. The lowest BCUT2D eigenvalue weighted by atomic mass is 10.0. The number of nitrogens with one attached hydrogen (secondary N) is 1. The highest BCUT2D eigenvalue weighted by molar-refractivity contribution is 8.01. The lowest BCUT2D eigenvalue weighted by Gasteiger charge is -2.22. The highest BCUT2D eigenvalue weighted by atomic mass is 35.5. The number of hydrogen-bond donors (Lipinski definition) is 2. The van der Waals surface area contributed by atoms with E-state index in [0.717, 1.165) is 18.6 Å². The molecule has 1 atom stereocenters. The molecule has 0 aromatic heterocycles. The molecule has 1 aromatic carbocycles.